The SMILES string of the molecule is C=CCNC(=O)CSc1nccn1-c1cccc(C)c1C. The van der Waals surface area contributed by atoms with Gasteiger partial charge in [0.1, 0.15) is 0 Å². The summed E-state index contributed by atoms with van der Waals surface area (Å²) >= 11 is 1.43. The summed E-state index contributed by atoms with van der Waals surface area (Å²) in [6, 6.07) is 6.18. The second-order valence-corrected chi connectivity index (χ2v) is 5.62. The van der Waals surface area contributed by atoms with E-state index in [0.29, 0.717) is 12.3 Å². The van der Waals surface area contributed by atoms with Crippen LogP contribution in [0.5, 0.6) is 0 Å². The van der Waals surface area contributed by atoms with E-state index < -0.39 is 0 Å². The van der Waals surface area contributed by atoms with Crippen LogP contribution in [0.15, 0.2) is 48.4 Å². The molecule has 1 aromatic heterocycles. The Morgan fingerprint density at radius 2 is 2.29 bits per heavy atom. The minimum absolute atomic E-state index is 0.0181. The first kappa shape index (κ1) is 15.4. The standard InChI is InChI=1S/C16H19N3OS/c1-4-8-17-15(20)11-21-16-18-9-10-19(16)14-7-5-6-12(2)13(14)3/h4-7,9-10H,1,8,11H2,2-3H3,(H,17,20). The Kier molecular flexibility index (Phi) is 5.22. The molecule has 2 rings (SSSR count). The van der Waals surface area contributed by atoms with Crippen LogP contribution in [0.2, 0.25) is 0 Å². The van der Waals surface area contributed by atoms with Gasteiger partial charge in [-0.1, -0.05) is 30.0 Å². The van der Waals surface area contributed by atoms with Crippen molar-refractivity contribution in [2.24, 2.45) is 0 Å². The summed E-state index contributed by atoms with van der Waals surface area (Å²) in [5, 5.41) is 3.58. The summed E-state index contributed by atoms with van der Waals surface area (Å²) in [6.07, 6.45) is 5.34. The zero-order valence-corrected chi connectivity index (χ0v) is 13.1. The molecule has 2 aromatic rings. The van der Waals surface area contributed by atoms with E-state index in [0.717, 1.165) is 10.8 Å². The maximum atomic E-state index is 11.6. The number of hydrogen-bond acceptors (Lipinski definition) is 3. The van der Waals surface area contributed by atoms with Crippen LogP contribution in [0.25, 0.3) is 5.69 Å². The number of amides is 1. The lowest BCUT2D eigenvalue weighted by Gasteiger charge is -2.12. The molecule has 1 N–H and O–H groups in total. The van der Waals surface area contributed by atoms with Crippen molar-refractivity contribution in [3.63, 3.8) is 0 Å². The Labute approximate surface area is 129 Å². The highest BCUT2D eigenvalue weighted by Crippen LogP contribution is 2.24. The van der Waals surface area contributed by atoms with Crippen LogP contribution in [0.1, 0.15) is 11.1 Å². The first-order valence-electron chi connectivity index (χ1n) is 6.74. The Morgan fingerprint density at radius 1 is 1.48 bits per heavy atom. The third kappa shape index (κ3) is 3.76. The van der Waals surface area contributed by atoms with Crippen LogP contribution >= 0.6 is 11.8 Å². The van der Waals surface area contributed by atoms with Crippen LogP contribution in [-0.4, -0.2) is 27.8 Å². The van der Waals surface area contributed by atoms with Gasteiger partial charge in [0.15, 0.2) is 5.16 Å². The van der Waals surface area contributed by atoms with Gasteiger partial charge in [-0.2, -0.15) is 0 Å². The van der Waals surface area contributed by atoms with E-state index in [1.807, 2.05) is 16.8 Å². The van der Waals surface area contributed by atoms with Crippen molar-refractivity contribution >= 4 is 17.7 Å². The minimum Gasteiger partial charge on any atom is -0.352 e. The average Bonchev–Trinajstić information content (AvgIpc) is 2.94. The molecule has 0 saturated carbocycles. The predicted octanol–water partition coefficient (Wildman–Crippen LogP) is 2.88. The van der Waals surface area contributed by atoms with E-state index in [1.165, 1.54) is 22.9 Å². The number of imidazole rings is 1. The fourth-order valence-electron chi connectivity index (χ4n) is 1.94. The van der Waals surface area contributed by atoms with Gasteiger partial charge in [-0.25, -0.2) is 4.98 Å². The molecule has 0 saturated heterocycles. The van der Waals surface area contributed by atoms with Crippen molar-refractivity contribution in [1.29, 1.82) is 0 Å². The third-order valence-corrected chi connectivity index (χ3v) is 4.19. The highest BCUT2D eigenvalue weighted by Gasteiger charge is 2.10. The molecule has 0 aliphatic rings. The Bertz CT molecular complexity index is 649. The van der Waals surface area contributed by atoms with Gasteiger partial charge in [0.25, 0.3) is 0 Å². The number of aromatic nitrogens is 2. The van der Waals surface area contributed by atoms with Gasteiger partial charge in [0.2, 0.25) is 5.91 Å². The molecule has 0 fully saturated rings. The quantitative estimate of drug-likeness (QED) is 0.659. The number of hydrogen-bond donors (Lipinski definition) is 1. The number of carbonyl (C=O) groups excluding carboxylic acids is 1. The van der Waals surface area contributed by atoms with E-state index in [1.54, 1.807) is 12.3 Å². The molecular formula is C16H19N3OS. The number of aryl methyl sites for hydroxylation is 1. The number of benzene rings is 1. The molecule has 0 radical (unpaired) electrons. The highest BCUT2D eigenvalue weighted by molar-refractivity contribution is 7.99. The molecule has 4 nitrogen and oxygen atoms in total. The molecule has 0 bridgehead atoms. The van der Waals surface area contributed by atoms with Gasteiger partial charge in [0, 0.05) is 18.9 Å². The number of thioether (sulfide) groups is 1. The fourth-order valence-corrected chi connectivity index (χ4v) is 2.74. The predicted molar refractivity (Wildman–Crippen MR) is 87.0 cm³/mol. The monoisotopic (exact) mass is 301 g/mol. The number of nitrogens with one attached hydrogen (secondary N) is 1. The Morgan fingerprint density at radius 3 is 3.05 bits per heavy atom. The third-order valence-electron chi connectivity index (χ3n) is 3.22. The van der Waals surface area contributed by atoms with Crippen molar-refractivity contribution in [2.45, 2.75) is 19.0 Å². The van der Waals surface area contributed by atoms with Crippen molar-refractivity contribution < 1.29 is 4.79 Å². The van der Waals surface area contributed by atoms with Crippen LogP contribution in [0, 0.1) is 13.8 Å². The highest BCUT2D eigenvalue weighted by atomic mass is 32.2. The van der Waals surface area contributed by atoms with E-state index >= 15 is 0 Å². The minimum atomic E-state index is -0.0181. The maximum Gasteiger partial charge on any atom is 0.230 e. The zero-order valence-electron chi connectivity index (χ0n) is 12.3. The number of rotatable bonds is 6. The lowest BCUT2D eigenvalue weighted by atomic mass is 10.1. The topological polar surface area (TPSA) is 46.9 Å². The number of carbonyl (C=O) groups is 1. The summed E-state index contributed by atoms with van der Waals surface area (Å²) in [5.74, 6) is 0.325. The Hall–Kier alpha value is -2.01. The van der Waals surface area contributed by atoms with E-state index in [-0.39, 0.29) is 5.91 Å². The second-order valence-electron chi connectivity index (χ2n) is 4.68. The molecule has 0 unspecified atom stereocenters. The fraction of sp³-hybridized carbons (Fsp3) is 0.250. The summed E-state index contributed by atoms with van der Waals surface area (Å²) in [4.78, 5) is 16.0. The zero-order chi connectivity index (χ0) is 15.2. The van der Waals surface area contributed by atoms with Crippen molar-refractivity contribution in [1.82, 2.24) is 14.9 Å². The van der Waals surface area contributed by atoms with Crippen LogP contribution in [0.4, 0.5) is 0 Å². The molecule has 0 atom stereocenters. The second kappa shape index (κ2) is 7.13. The van der Waals surface area contributed by atoms with Gasteiger partial charge in [0.05, 0.1) is 11.4 Å². The van der Waals surface area contributed by atoms with Gasteiger partial charge >= 0.3 is 0 Å². The Balaban J connectivity index is 2.14. The van der Waals surface area contributed by atoms with E-state index in [9.17, 15) is 4.79 Å². The van der Waals surface area contributed by atoms with Gasteiger partial charge in [-0.3, -0.25) is 9.36 Å². The molecule has 1 heterocycles. The first-order valence-corrected chi connectivity index (χ1v) is 7.72. The maximum absolute atomic E-state index is 11.6. The molecule has 21 heavy (non-hydrogen) atoms. The number of nitrogens with zero attached hydrogens (tertiary/aromatic N) is 2. The molecule has 0 aliphatic heterocycles. The lowest BCUT2D eigenvalue weighted by molar-refractivity contribution is -0.118. The molecule has 1 amide bonds. The molecule has 0 spiro atoms. The molecular weight excluding hydrogens is 282 g/mol. The van der Waals surface area contributed by atoms with Crippen molar-refractivity contribution in [3.05, 3.63) is 54.4 Å². The summed E-state index contributed by atoms with van der Waals surface area (Å²) < 4.78 is 2.02. The van der Waals surface area contributed by atoms with E-state index in [2.05, 4.69) is 42.9 Å². The van der Waals surface area contributed by atoms with Gasteiger partial charge in [-0.15, -0.1) is 6.58 Å². The molecule has 1 aromatic carbocycles. The molecule has 0 aliphatic carbocycles. The normalized spacial score (nSPS) is 10.4. The lowest BCUT2D eigenvalue weighted by Crippen LogP contribution is -2.25. The first-order chi connectivity index (χ1) is 10.1. The van der Waals surface area contributed by atoms with Gasteiger partial charge < -0.3 is 5.32 Å². The van der Waals surface area contributed by atoms with Crippen molar-refractivity contribution in [3.8, 4) is 5.69 Å². The van der Waals surface area contributed by atoms with E-state index in [4.69, 9.17) is 0 Å². The van der Waals surface area contributed by atoms with Gasteiger partial charge in [-0.05, 0) is 31.0 Å². The smallest absolute Gasteiger partial charge is 0.230 e. The van der Waals surface area contributed by atoms with Crippen LogP contribution < -0.4 is 5.32 Å². The average molecular weight is 301 g/mol. The summed E-state index contributed by atoms with van der Waals surface area (Å²) in [7, 11) is 0. The molecule has 110 valence electrons. The summed E-state index contributed by atoms with van der Waals surface area (Å²) in [6.45, 7) is 8.25. The summed E-state index contributed by atoms with van der Waals surface area (Å²) in [5.41, 5.74) is 3.55. The van der Waals surface area contributed by atoms with Crippen molar-refractivity contribution in [2.75, 3.05) is 12.3 Å². The molecule has 5 heteroatoms. The van der Waals surface area contributed by atoms with Crippen LogP contribution in [0.3, 0.4) is 0 Å². The van der Waals surface area contributed by atoms with Crippen LogP contribution in [-0.2, 0) is 4.79 Å². The largest absolute Gasteiger partial charge is 0.352 e.